The number of pyridine rings is 1. The average Bonchev–Trinajstić information content (AvgIpc) is 2.65. The molecular formula is C19H21Cl2N5. The van der Waals surface area contributed by atoms with Gasteiger partial charge in [-0.05, 0) is 43.7 Å². The Morgan fingerprint density at radius 2 is 2.00 bits per heavy atom. The van der Waals surface area contributed by atoms with E-state index in [9.17, 15) is 0 Å². The van der Waals surface area contributed by atoms with Crippen LogP contribution in [0.2, 0.25) is 10.0 Å². The fourth-order valence-corrected chi connectivity index (χ4v) is 3.85. The molecule has 2 aliphatic rings. The van der Waals surface area contributed by atoms with Gasteiger partial charge in [0, 0.05) is 32.0 Å². The average molecular weight is 390 g/mol. The maximum absolute atomic E-state index is 6.22. The van der Waals surface area contributed by atoms with E-state index in [-0.39, 0.29) is 5.54 Å². The number of nitrogens with zero attached hydrogens (tertiary/aromatic N) is 3. The molecule has 0 unspecified atom stereocenters. The largest absolute Gasteiger partial charge is 0.371 e. The number of aliphatic imine (C=N–C) groups is 1. The number of anilines is 1. The van der Waals surface area contributed by atoms with Crippen molar-refractivity contribution in [1.29, 1.82) is 0 Å². The van der Waals surface area contributed by atoms with Gasteiger partial charge >= 0.3 is 0 Å². The molecular weight excluding hydrogens is 369 g/mol. The van der Waals surface area contributed by atoms with E-state index in [1.165, 1.54) is 0 Å². The van der Waals surface area contributed by atoms with Crippen LogP contribution in [-0.4, -0.2) is 41.4 Å². The summed E-state index contributed by atoms with van der Waals surface area (Å²) in [4.78, 5) is 11.5. The summed E-state index contributed by atoms with van der Waals surface area (Å²) in [5, 5.41) is 8.31. The molecule has 2 aromatic rings. The molecule has 2 N–H and O–H groups in total. The Labute approximate surface area is 163 Å². The van der Waals surface area contributed by atoms with Crippen molar-refractivity contribution in [2.45, 2.75) is 24.9 Å². The lowest BCUT2D eigenvalue weighted by Crippen LogP contribution is -2.58. The maximum Gasteiger partial charge on any atom is 0.128 e. The van der Waals surface area contributed by atoms with Gasteiger partial charge in [0.05, 0.1) is 27.0 Å². The van der Waals surface area contributed by atoms with Crippen LogP contribution in [0.4, 0.5) is 11.4 Å². The van der Waals surface area contributed by atoms with Crippen LogP contribution >= 0.6 is 23.2 Å². The third kappa shape index (κ3) is 3.39. The topological polar surface area (TPSA) is 52.5 Å². The number of amidine groups is 1. The molecule has 136 valence electrons. The first kappa shape index (κ1) is 17.6. The summed E-state index contributed by atoms with van der Waals surface area (Å²) in [6, 6.07) is 7.70. The molecule has 0 atom stereocenters. The normalized spacial score (nSPS) is 18.8. The number of hydrogen-bond acceptors (Lipinski definition) is 5. The Balaban J connectivity index is 1.67. The van der Waals surface area contributed by atoms with Crippen LogP contribution in [0.1, 0.15) is 18.4 Å². The molecule has 1 saturated heterocycles. The molecule has 1 spiro atoms. The Morgan fingerprint density at radius 1 is 1.23 bits per heavy atom. The monoisotopic (exact) mass is 389 g/mol. The van der Waals surface area contributed by atoms with E-state index in [2.05, 4.69) is 33.6 Å². The van der Waals surface area contributed by atoms with E-state index in [1.54, 1.807) is 6.20 Å². The van der Waals surface area contributed by atoms with Crippen LogP contribution in [0.5, 0.6) is 0 Å². The second-order valence-corrected chi connectivity index (χ2v) is 7.78. The molecule has 1 aromatic carbocycles. The van der Waals surface area contributed by atoms with Crippen molar-refractivity contribution in [3.63, 3.8) is 0 Å². The number of halogens is 2. The first-order valence-corrected chi connectivity index (χ1v) is 9.49. The van der Waals surface area contributed by atoms with Gasteiger partial charge in [-0.15, -0.1) is 0 Å². The van der Waals surface area contributed by atoms with Gasteiger partial charge in [-0.1, -0.05) is 29.3 Å². The van der Waals surface area contributed by atoms with Crippen molar-refractivity contribution in [2.24, 2.45) is 4.99 Å². The lowest BCUT2D eigenvalue weighted by atomic mass is 9.84. The molecule has 0 saturated carbocycles. The minimum Gasteiger partial charge on any atom is -0.371 e. The van der Waals surface area contributed by atoms with Crippen molar-refractivity contribution >= 4 is 40.4 Å². The molecule has 0 radical (unpaired) electrons. The standard InChI is InChI=1S/C19H21Cl2N5/c1-26-7-4-19(5-8-26)18(23-12-13-3-2-6-22-11-13)24-16-9-14(20)15(21)10-17(16)25-19/h2-3,6,9-11,25H,4-5,7-8,12H2,1H3,(H,23,24). The number of piperidine rings is 1. The highest BCUT2D eigenvalue weighted by Crippen LogP contribution is 2.41. The zero-order chi connectivity index (χ0) is 18.1. The lowest BCUT2D eigenvalue weighted by molar-refractivity contribution is 0.238. The Bertz CT molecular complexity index is 829. The van der Waals surface area contributed by atoms with Crippen LogP contribution in [0.3, 0.4) is 0 Å². The fraction of sp³-hybridized carbons (Fsp3) is 0.368. The number of likely N-dealkylation sites (tertiary alicyclic amines) is 1. The molecule has 1 aromatic heterocycles. The highest BCUT2D eigenvalue weighted by Gasteiger charge is 2.41. The van der Waals surface area contributed by atoms with Crippen LogP contribution in [0.15, 0.2) is 41.7 Å². The van der Waals surface area contributed by atoms with Crippen molar-refractivity contribution in [3.8, 4) is 0 Å². The number of benzene rings is 1. The van der Waals surface area contributed by atoms with Crippen molar-refractivity contribution in [1.82, 2.24) is 15.2 Å². The summed E-state index contributed by atoms with van der Waals surface area (Å²) in [7, 11) is 2.15. The zero-order valence-corrected chi connectivity index (χ0v) is 16.1. The molecule has 2 aliphatic heterocycles. The van der Waals surface area contributed by atoms with Gasteiger partial charge < -0.3 is 15.5 Å². The molecule has 4 rings (SSSR count). The molecule has 0 aliphatic carbocycles. The second-order valence-electron chi connectivity index (χ2n) is 6.97. The predicted octanol–water partition coefficient (Wildman–Crippen LogP) is 4.10. The number of rotatable bonds is 2. The van der Waals surface area contributed by atoms with E-state index in [4.69, 9.17) is 28.2 Å². The van der Waals surface area contributed by atoms with Gasteiger partial charge in [-0.2, -0.15) is 0 Å². The number of hydrogen-bond donors (Lipinski definition) is 2. The van der Waals surface area contributed by atoms with Crippen LogP contribution in [0, 0.1) is 0 Å². The van der Waals surface area contributed by atoms with Gasteiger partial charge in [0.25, 0.3) is 0 Å². The summed E-state index contributed by atoms with van der Waals surface area (Å²) in [6.07, 6.45) is 5.60. The maximum atomic E-state index is 6.22. The first-order valence-electron chi connectivity index (χ1n) is 8.73. The van der Waals surface area contributed by atoms with Crippen LogP contribution in [-0.2, 0) is 6.54 Å². The lowest BCUT2D eigenvalue weighted by Gasteiger charge is -2.45. The third-order valence-corrected chi connectivity index (χ3v) is 5.84. The van der Waals surface area contributed by atoms with E-state index in [0.29, 0.717) is 16.6 Å². The summed E-state index contributed by atoms with van der Waals surface area (Å²) in [5.74, 6) is 0.959. The van der Waals surface area contributed by atoms with E-state index >= 15 is 0 Å². The fourth-order valence-electron chi connectivity index (χ4n) is 3.53. The van der Waals surface area contributed by atoms with E-state index < -0.39 is 0 Å². The summed E-state index contributed by atoms with van der Waals surface area (Å²) in [5.41, 5.74) is 2.67. The number of nitrogens with one attached hydrogen (secondary N) is 2. The molecule has 7 heteroatoms. The summed E-state index contributed by atoms with van der Waals surface area (Å²) < 4.78 is 0. The van der Waals surface area contributed by atoms with Crippen LogP contribution in [0.25, 0.3) is 0 Å². The number of fused-ring (bicyclic) bond motifs is 1. The second kappa shape index (κ2) is 7.06. The first-order chi connectivity index (χ1) is 12.6. The third-order valence-electron chi connectivity index (χ3n) is 5.12. The van der Waals surface area contributed by atoms with E-state index in [1.807, 2.05) is 24.4 Å². The predicted molar refractivity (Wildman–Crippen MR) is 108 cm³/mol. The molecule has 0 bridgehead atoms. The highest BCUT2D eigenvalue weighted by atomic mass is 35.5. The smallest absolute Gasteiger partial charge is 0.128 e. The molecule has 1 fully saturated rings. The minimum atomic E-state index is -0.209. The van der Waals surface area contributed by atoms with E-state index in [0.717, 1.165) is 48.7 Å². The quantitative estimate of drug-likeness (QED) is 0.811. The minimum absolute atomic E-state index is 0.209. The summed E-state index contributed by atoms with van der Waals surface area (Å²) >= 11 is 12.4. The van der Waals surface area contributed by atoms with Gasteiger partial charge in [0.1, 0.15) is 5.84 Å². The SMILES string of the molecule is CN1CCC2(CC1)Nc1cc(Cl)c(Cl)cc1N=C2NCc1cccnc1. The van der Waals surface area contributed by atoms with Crippen molar-refractivity contribution < 1.29 is 0 Å². The zero-order valence-electron chi connectivity index (χ0n) is 14.6. The Hall–Kier alpha value is -1.82. The van der Waals surface area contributed by atoms with Gasteiger partial charge in [-0.3, -0.25) is 4.98 Å². The van der Waals surface area contributed by atoms with Gasteiger partial charge in [-0.25, -0.2) is 4.99 Å². The summed E-state index contributed by atoms with van der Waals surface area (Å²) in [6.45, 7) is 2.71. The van der Waals surface area contributed by atoms with Crippen molar-refractivity contribution in [2.75, 3.05) is 25.5 Å². The van der Waals surface area contributed by atoms with Gasteiger partial charge in [0.15, 0.2) is 0 Å². The molecule has 3 heterocycles. The molecule has 5 nitrogen and oxygen atoms in total. The number of aromatic nitrogens is 1. The Morgan fingerprint density at radius 3 is 2.73 bits per heavy atom. The molecule has 26 heavy (non-hydrogen) atoms. The van der Waals surface area contributed by atoms with Crippen molar-refractivity contribution in [3.05, 3.63) is 52.3 Å². The molecule has 0 amide bonds. The van der Waals surface area contributed by atoms with Gasteiger partial charge in [0.2, 0.25) is 0 Å². The highest BCUT2D eigenvalue weighted by molar-refractivity contribution is 6.42. The Kier molecular flexibility index (Phi) is 4.78. The van der Waals surface area contributed by atoms with Crippen LogP contribution < -0.4 is 10.6 Å².